The quantitative estimate of drug-likeness (QED) is 0.838. The highest BCUT2D eigenvalue weighted by Gasteiger charge is 2.00. The van der Waals surface area contributed by atoms with Gasteiger partial charge in [0.1, 0.15) is 0 Å². The van der Waals surface area contributed by atoms with Crippen molar-refractivity contribution in [3.05, 3.63) is 70.2 Å². The van der Waals surface area contributed by atoms with Crippen molar-refractivity contribution in [2.24, 2.45) is 0 Å². The lowest BCUT2D eigenvalue weighted by molar-refractivity contribution is 0.0697. The SMILES string of the molecule is O=C(O)c1ccc(C=Cc2ccccc2Cl)cc1. The molecule has 18 heavy (non-hydrogen) atoms. The van der Waals surface area contributed by atoms with Crippen molar-refractivity contribution in [2.45, 2.75) is 0 Å². The summed E-state index contributed by atoms with van der Waals surface area (Å²) in [7, 11) is 0. The number of benzene rings is 2. The van der Waals surface area contributed by atoms with Gasteiger partial charge in [0.15, 0.2) is 0 Å². The fourth-order valence-electron chi connectivity index (χ4n) is 1.53. The van der Waals surface area contributed by atoms with Crippen molar-refractivity contribution in [3.8, 4) is 0 Å². The van der Waals surface area contributed by atoms with Crippen molar-refractivity contribution in [1.82, 2.24) is 0 Å². The van der Waals surface area contributed by atoms with Crippen LogP contribution in [-0.2, 0) is 0 Å². The number of rotatable bonds is 3. The van der Waals surface area contributed by atoms with Gasteiger partial charge in [0.2, 0.25) is 0 Å². The van der Waals surface area contributed by atoms with E-state index in [0.29, 0.717) is 5.02 Å². The van der Waals surface area contributed by atoms with Crippen molar-refractivity contribution < 1.29 is 9.90 Å². The third kappa shape index (κ3) is 2.99. The van der Waals surface area contributed by atoms with Gasteiger partial charge in [-0.2, -0.15) is 0 Å². The lowest BCUT2D eigenvalue weighted by atomic mass is 10.1. The Hall–Kier alpha value is -2.06. The van der Waals surface area contributed by atoms with Gasteiger partial charge in [0.25, 0.3) is 0 Å². The molecule has 0 bridgehead atoms. The van der Waals surface area contributed by atoms with Crippen LogP contribution < -0.4 is 0 Å². The maximum Gasteiger partial charge on any atom is 0.335 e. The molecule has 0 fully saturated rings. The van der Waals surface area contributed by atoms with E-state index in [1.165, 1.54) is 0 Å². The fraction of sp³-hybridized carbons (Fsp3) is 0. The van der Waals surface area contributed by atoms with E-state index in [1.807, 2.05) is 36.4 Å². The monoisotopic (exact) mass is 258 g/mol. The number of carboxylic acid groups (broad SMARTS) is 1. The average molecular weight is 259 g/mol. The zero-order chi connectivity index (χ0) is 13.0. The molecule has 3 heteroatoms. The van der Waals surface area contributed by atoms with E-state index in [4.69, 9.17) is 16.7 Å². The number of hydrogen-bond acceptors (Lipinski definition) is 1. The van der Waals surface area contributed by atoms with Crippen LogP contribution >= 0.6 is 11.6 Å². The first-order chi connectivity index (χ1) is 8.66. The van der Waals surface area contributed by atoms with Crippen LogP contribution in [0.4, 0.5) is 0 Å². The summed E-state index contributed by atoms with van der Waals surface area (Å²) in [5, 5.41) is 9.48. The molecule has 90 valence electrons. The standard InChI is InChI=1S/C15H11ClO2/c16-14-4-2-1-3-12(14)8-5-11-6-9-13(10-7-11)15(17)18/h1-10H,(H,17,18). The van der Waals surface area contributed by atoms with E-state index in [0.717, 1.165) is 11.1 Å². The second-order valence-electron chi connectivity index (χ2n) is 3.78. The zero-order valence-electron chi connectivity index (χ0n) is 9.51. The Kier molecular flexibility index (Phi) is 3.80. The van der Waals surface area contributed by atoms with Gasteiger partial charge in [-0.05, 0) is 29.3 Å². The molecule has 0 atom stereocenters. The van der Waals surface area contributed by atoms with Gasteiger partial charge in [0.05, 0.1) is 5.56 Å². The Labute approximate surface area is 110 Å². The van der Waals surface area contributed by atoms with Gasteiger partial charge in [-0.3, -0.25) is 0 Å². The topological polar surface area (TPSA) is 37.3 Å². The van der Waals surface area contributed by atoms with E-state index >= 15 is 0 Å². The first-order valence-electron chi connectivity index (χ1n) is 5.43. The maximum atomic E-state index is 10.7. The molecule has 0 spiro atoms. The summed E-state index contributed by atoms with van der Waals surface area (Å²) in [4.78, 5) is 10.7. The highest BCUT2D eigenvalue weighted by Crippen LogP contribution is 2.18. The second-order valence-corrected chi connectivity index (χ2v) is 4.19. The van der Waals surface area contributed by atoms with E-state index in [1.54, 1.807) is 24.3 Å². The average Bonchev–Trinajstić information content (AvgIpc) is 2.38. The minimum atomic E-state index is -0.920. The number of halogens is 1. The molecule has 0 aliphatic carbocycles. The van der Waals surface area contributed by atoms with Crippen LogP contribution in [0, 0.1) is 0 Å². The molecular formula is C15H11ClO2. The fourth-order valence-corrected chi connectivity index (χ4v) is 1.73. The summed E-state index contributed by atoms with van der Waals surface area (Å²) in [6.07, 6.45) is 3.80. The summed E-state index contributed by atoms with van der Waals surface area (Å²) in [6.45, 7) is 0. The maximum absolute atomic E-state index is 10.7. The van der Waals surface area contributed by atoms with Crippen molar-refractivity contribution in [1.29, 1.82) is 0 Å². The number of hydrogen-bond donors (Lipinski definition) is 1. The Balaban J connectivity index is 2.19. The van der Waals surface area contributed by atoms with E-state index in [2.05, 4.69) is 0 Å². The molecule has 0 radical (unpaired) electrons. The molecular weight excluding hydrogens is 248 g/mol. The molecule has 1 N–H and O–H groups in total. The summed E-state index contributed by atoms with van der Waals surface area (Å²) in [5.41, 5.74) is 2.14. The Bertz CT molecular complexity index is 586. The van der Waals surface area contributed by atoms with Crippen LogP contribution in [0.25, 0.3) is 12.2 Å². The Morgan fingerprint density at radius 3 is 2.28 bits per heavy atom. The molecule has 2 nitrogen and oxygen atoms in total. The lowest BCUT2D eigenvalue weighted by Gasteiger charge is -1.98. The van der Waals surface area contributed by atoms with Gasteiger partial charge < -0.3 is 5.11 Å². The van der Waals surface area contributed by atoms with Crippen LogP contribution in [0.5, 0.6) is 0 Å². The zero-order valence-corrected chi connectivity index (χ0v) is 10.3. The number of aromatic carboxylic acids is 1. The van der Waals surface area contributed by atoms with Crippen LogP contribution in [0.15, 0.2) is 48.5 Å². The molecule has 0 aliphatic heterocycles. The van der Waals surface area contributed by atoms with Gasteiger partial charge in [0, 0.05) is 5.02 Å². The summed E-state index contributed by atoms with van der Waals surface area (Å²) >= 11 is 6.03. The first-order valence-corrected chi connectivity index (χ1v) is 5.80. The van der Waals surface area contributed by atoms with E-state index in [9.17, 15) is 4.79 Å². The third-order valence-electron chi connectivity index (χ3n) is 2.52. The summed E-state index contributed by atoms with van der Waals surface area (Å²) in [5.74, 6) is -0.920. The molecule has 0 unspecified atom stereocenters. The van der Waals surface area contributed by atoms with Crippen molar-refractivity contribution >= 4 is 29.7 Å². The minimum Gasteiger partial charge on any atom is -0.478 e. The molecule has 2 aromatic rings. The molecule has 0 saturated heterocycles. The van der Waals surface area contributed by atoms with Gasteiger partial charge in [-0.15, -0.1) is 0 Å². The minimum absolute atomic E-state index is 0.282. The van der Waals surface area contributed by atoms with E-state index < -0.39 is 5.97 Å². The Morgan fingerprint density at radius 2 is 1.67 bits per heavy atom. The van der Waals surface area contributed by atoms with Gasteiger partial charge in [-0.1, -0.05) is 54.1 Å². The Morgan fingerprint density at radius 1 is 1.00 bits per heavy atom. The van der Waals surface area contributed by atoms with Gasteiger partial charge >= 0.3 is 5.97 Å². The smallest absolute Gasteiger partial charge is 0.335 e. The van der Waals surface area contributed by atoms with Crippen LogP contribution in [0.1, 0.15) is 21.5 Å². The normalized spacial score (nSPS) is 10.7. The third-order valence-corrected chi connectivity index (χ3v) is 2.86. The molecule has 0 heterocycles. The lowest BCUT2D eigenvalue weighted by Crippen LogP contribution is -1.94. The summed E-state index contributed by atoms with van der Waals surface area (Å²) < 4.78 is 0. The molecule has 0 amide bonds. The molecule has 0 aliphatic rings. The predicted molar refractivity (Wildman–Crippen MR) is 73.8 cm³/mol. The molecule has 0 aromatic heterocycles. The summed E-state index contributed by atoms with van der Waals surface area (Å²) in [6, 6.07) is 14.2. The molecule has 2 rings (SSSR count). The van der Waals surface area contributed by atoms with Crippen LogP contribution in [0.2, 0.25) is 5.02 Å². The predicted octanol–water partition coefficient (Wildman–Crippen LogP) is 4.21. The van der Waals surface area contributed by atoms with Crippen LogP contribution in [-0.4, -0.2) is 11.1 Å². The van der Waals surface area contributed by atoms with Crippen molar-refractivity contribution in [2.75, 3.05) is 0 Å². The highest BCUT2D eigenvalue weighted by atomic mass is 35.5. The molecule has 2 aromatic carbocycles. The molecule has 0 saturated carbocycles. The highest BCUT2D eigenvalue weighted by molar-refractivity contribution is 6.32. The number of carboxylic acids is 1. The second kappa shape index (κ2) is 5.52. The largest absolute Gasteiger partial charge is 0.478 e. The van der Waals surface area contributed by atoms with Gasteiger partial charge in [-0.25, -0.2) is 4.79 Å². The first kappa shape index (κ1) is 12.4. The van der Waals surface area contributed by atoms with Crippen LogP contribution in [0.3, 0.4) is 0 Å². The van der Waals surface area contributed by atoms with Crippen molar-refractivity contribution in [3.63, 3.8) is 0 Å². The number of carbonyl (C=O) groups is 1. The van der Waals surface area contributed by atoms with E-state index in [-0.39, 0.29) is 5.56 Å².